The largest absolute Gasteiger partial charge is 0.289 e. The lowest BCUT2D eigenvalue weighted by atomic mass is 10.0. The lowest BCUT2D eigenvalue weighted by molar-refractivity contribution is -0.132. The van der Waals surface area contributed by atoms with Gasteiger partial charge in [0.1, 0.15) is 9.84 Å². The highest BCUT2D eigenvalue weighted by molar-refractivity contribution is 7.99. The van der Waals surface area contributed by atoms with Crippen molar-refractivity contribution in [1.82, 2.24) is 5.48 Å². The summed E-state index contributed by atoms with van der Waals surface area (Å²) < 4.78 is 47.9. The fraction of sp³-hybridized carbons (Fsp3) is 0.278. The summed E-state index contributed by atoms with van der Waals surface area (Å²) in [6.07, 6.45) is -0.796. The van der Waals surface area contributed by atoms with Crippen LogP contribution in [0.1, 0.15) is 12.8 Å². The molecule has 0 atom stereocenters. The van der Waals surface area contributed by atoms with Crippen LogP contribution in [0.15, 0.2) is 69.3 Å². The summed E-state index contributed by atoms with van der Waals surface area (Å²) >= 11 is 1.46. The molecule has 150 valence electrons. The van der Waals surface area contributed by atoms with Crippen molar-refractivity contribution in [3.8, 4) is 0 Å². The number of benzene rings is 2. The highest BCUT2D eigenvalue weighted by Gasteiger charge is 2.54. The average Bonchev–Trinajstić information content (AvgIpc) is 2.68. The van der Waals surface area contributed by atoms with E-state index in [0.717, 1.165) is 9.79 Å². The predicted molar refractivity (Wildman–Crippen MR) is 105 cm³/mol. The Kier molecular flexibility index (Phi) is 5.85. The third-order valence-corrected chi connectivity index (χ3v) is 9.96. The molecule has 3 rings (SSSR count). The first-order chi connectivity index (χ1) is 13.2. The molecule has 1 aliphatic heterocycles. The summed E-state index contributed by atoms with van der Waals surface area (Å²) in [4.78, 5) is 14.0. The summed E-state index contributed by atoms with van der Waals surface area (Å²) in [5.74, 6) is -1.96. The molecule has 28 heavy (non-hydrogen) atoms. The molecule has 10 heteroatoms. The SMILES string of the molecule is O=C(NO)C1(S(=O)(=O)c2ccc(Sc3ccccc3)cc2)CCS(=O)(=O)CC1. The Morgan fingerprint density at radius 2 is 1.50 bits per heavy atom. The number of carbonyl (C=O) groups excluding carboxylic acids is 1. The number of carbonyl (C=O) groups is 1. The van der Waals surface area contributed by atoms with Crippen LogP contribution in [0.3, 0.4) is 0 Å². The summed E-state index contributed by atoms with van der Waals surface area (Å²) in [5.41, 5.74) is 1.41. The van der Waals surface area contributed by atoms with Crippen LogP contribution < -0.4 is 5.48 Å². The van der Waals surface area contributed by atoms with Crippen LogP contribution in [-0.4, -0.2) is 44.2 Å². The van der Waals surface area contributed by atoms with E-state index in [-0.39, 0.29) is 4.90 Å². The Morgan fingerprint density at radius 1 is 0.964 bits per heavy atom. The van der Waals surface area contributed by atoms with Gasteiger partial charge in [0.25, 0.3) is 5.91 Å². The molecule has 0 aliphatic carbocycles. The monoisotopic (exact) mass is 441 g/mol. The van der Waals surface area contributed by atoms with Crippen molar-refractivity contribution >= 4 is 37.3 Å². The molecule has 1 amide bonds. The van der Waals surface area contributed by atoms with Gasteiger partial charge < -0.3 is 0 Å². The van der Waals surface area contributed by atoms with Crippen molar-refractivity contribution in [2.45, 2.75) is 32.3 Å². The number of hydrogen-bond donors (Lipinski definition) is 2. The van der Waals surface area contributed by atoms with E-state index in [9.17, 15) is 21.6 Å². The van der Waals surface area contributed by atoms with Crippen molar-refractivity contribution in [2.24, 2.45) is 0 Å². The zero-order valence-electron chi connectivity index (χ0n) is 14.7. The lowest BCUT2D eigenvalue weighted by Crippen LogP contribution is -2.55. The van der Waals surface area contributed by atoms with Crippen molar-refractivity contribution in [2.75, 3.05) is 11.5 Å². The minimum absolute atomic E-state index is 0.0900. The van der Waals surface area contributed by atoms with Crippen LogP contribution in [0.2, 0.25) is 0 Å². The zero-order valence-corrected chi connectivity index (χ0v) is 17.2. The van der Waals surface area contributed by atoms with Gasteiger partial charge in [0.15, 0.2) is 14.6 Å². The Labute approximate surface area is 168 Å². The molecule has 2 N–H and O–H groups in total. The van der Waals surface area contributed by atoms with Crippen LogP contribution in [0.4, 0.5) is 0 Å². The first-order valence-corrected chi connectivity index (χ1v) is 12.5. The Hall–Kier alpha value is -1.88. The summed E-state index contributed by atoms with van der Waals surface area (Å²) in [5, 5.41) is 9.08. The van der Waals surface area contributed by atoms with Crippen LogP contribution in [-0.2, 0) is 24.5 Å². The average molecular weight is 442 g/mol. The first kappa shape index (κ1) is 20.8. The van der Waals surface area contributed by atoms with Crippen LogP contribution in [0.5, 0.6) is 0 Å². The van der Waals surface area contributed by atoms with Crippen molar-refractivity contribution in [3.05, 3.63) is 54.6 Å². The van der Waals surface area contributed by atoms with Gasteiger partial charge in [-0.1, -0.05) is 30.0 Å². The van der Waals surface area contributed by atoms with Crippen LogP contribution in [0.25, 0.3) is 0 Å². The van der Waals surface area contributed by atoms with Crippen molar-refractivity contribution in [1.29, 1.82) is 0 Å². The normalized spacial score (nSPS) is 18.3. The van der Waals surface area contributed by atoms with E-state index in [1.165, 1.54) is 29.4 Å². The molecule has 0 radical (unpaired) electrons. The number of amides is 1. The molecule has 2 aromatic carbocycles. The van der Waals surface area contributed by atoms with Gasteiger partial charge >= 0.3 is 0 Å². The van der Waals surface area contributed by atoms with Gasteiger partial charge in [0, 0.05) is 9.79 Å². The number of hydroxylamine groups is 1. The van der Waals surface area contributed by atoms with Gasteiger partial charge in [0.2, 0.25) is 0 Å². The number of rotatable bonds is 5. The summed E-state index contributed by atoms with van der Waals surface area (Å²) in [7, 11) is -7.63. The molecule has 1 heterocycles. The molecule has 7 nitrogen and oxygen atoms in total. The molecule has 0 aromatic heterocycles. The molecule has 0 saturated carbocycles. The predicted octanol–water partition coefficient (Wildman–Crippen LogP) is 2.06. The standard InChI is InChI=1S/C18H19NO6S3/c20-17(19-21)18(10-12-27(22,23)13-11-18)28(24,25)16-8-6-15(7-9-16)26-14-4-2-1-3-5-14/h1-9,21H,10-13H2,(H,19,20). The van der Waals surface area contributed by atoms with E-state index in [1.54, 1.807) is 12.1 Å². The maximum absolute atomic E-state index is 13.2. The third kappa shape index (κ3) is 3.95. The second kappa shape index (κ2) is 7.86. The molecule has 1 aliphatic rings. The van der Waals surface area contributed by atoms with Gasteiger partial charge in [-0.15, -0.1) is 0 Å². The summed E-state index contributed by atoms with van der Waals surface area (Å²) in [6.45, 7) is 0. The minimum Gasteiger partial charge on any atom is -0.289 e. The number of sulfone groups is 2. The van der Waals surface area contributed by atoms with Gasteiger partial charge in [0.05, 0.1) is 16.4 Å². The first-order valence-electron chi connectivity index (χ1n) is 8.43. The molecule has 0 bridgehead atoms. The Morgan fingerprint density at radius 3 is 2.04 bits per heavy atom. The second-order valence-electron chi connectivity index (χ2n) is 6.48. The number of nitrogens with one attached hydrogen (secondary N) is 1. The topological polar surface area (TPSA) is 118 Å². The van der Waals surface area contributed by atoms with E-state index in [1.807, 2.05) is 30.3 Å². The molecule has 1 saturated heterocycles. The summed E-state index contributed by atoms with van der Waals surface area (Å²) in [6, 6.07) is 15.6. The van der Waals surface area contributed by atoms with E-state index in [4.69, 9.17) is 5.21 Å². The molecule has 1 fully saturated rings. The van der Waals surface area contributed by atoms with E-state index in [2.05, 4.69) is 0 Å². The van der Waals surface area contributed by atoms with Gasteiger partial charge in [-0.25, -0.2) is 22.3 Å². The highest BCUT2D eigenvalue weighted by atomic mass is 32.2. The Balaban J connectivity index is 1.92. The maximum Gasteiger partial charge on any atom is 0.265 e. The molecule has 0 unspecified atom stereocenters. The molecular weight excluding hydrogens is 422 g/mol. The number of hydrogen-bond acceptors (Lipinski definition) is 7. The van der Waals surface area contributed by atoms with Gasteiger partial charge in [-0.2, -0.15) is 0 Å². The van der Waals surface area contributed by atoms with E-state index in [0.29, 0.717) is 0 Å². The van der Waals surface area contributed by atoms with Crippen molar-refractivity contribution in [3.63, 3.8) is 0 Å². The maximum atomic E-state index is 13.2. The smallest absolute Gasteiger partial charge is 0.265 e. The fourth-order valence-electron chi connectivity index (χ4n) is 3.12. The zero-order chi connectivity index (χ0) is 20.4. The minimum atomic E-state index is -4.22. The lowest BCUT2D eigenvalue weighted by Gasteiger charge is -2.34. The van der Waals surface area contributed by atoms with E-state index >= 15 is 0 Å². The third-order valence-electron chi connectivity index (χ3n) is 4.78. The van der Waals surface area contributed by atoms with Crippen molar-refractivity contribution < 1.29 is 26.8 Å². The van der Waals surface area contributed by atoms with Gasteiger partial charge in [-0.05, 0) is 49.2 Å². The van der Waals surface area contributed by atoms with E-state index < -0.39 is 54.7 Å². The van der Waals surface area contributed by atoms with Crippen LogP contribution in [0, 0.1) is 0 Å². The molecular formula is C18H19NO6S3. The van der Waals surface area contributed by atoms with Crippen LogP contribution >= 0.6 is 11.8 Å². The second-order valence-corrected chi connectivity index (χ2v) is 12.2. The molecule has 0 spiro atoms. The van der Waals surface area contributed by atoms with Gasteiger partial charge in [-0.3, -0.25) is 10.0 Å². The Bertz CT molecular complexity index is 1050. The highest BCUT2D eigenvalue weighted by Crippen LogP contribution is 2.37. The fourth-order valence-corrected chi connectivity index (χ4v) is 7.72. The quantitative estimate of drug-likeness (QED) is 0.539. The molecule has 2 aromatic rings.